The third kappa shape index (κ3) is 2.17. The van der Waals surface area contributed by atoms with Gasteiger partial charge < -0.3 is 10.1 Å². The summed E-state index contributed by atoms with van der Waals surface area (Å²) in [5, 5.41) is 7.53. The van der Waals surface area contributed by atoms with Crippen molar-refractivity contribution in [3.63, 3.8) is 0 Å². The van der Waals surface area contributed by atoms with Gasteiger partial charge in [0.2, 0.25) is 0 Å². The number of aromatic nitrogens is 2. The van der Waals surface area contributed by atoms with E-state index in [1.165, 1.54) is 5.56 Å². The second-order valence-electron chi connectivity index (χ2n) is 4.38. The maximum Gasteiger partial charge on any atom is 0.165 e. The fourth-order valence-corrected chi connectivity index (χ4v) is 1.78. The summed E-state index contributed by atoms with van der Waals surface area (Å²) >= 11 is 0. The third-order valence-electron chi connectivity index (χ3n) is 2.97. The van der Waals surface area contributed by atoms with Crippen molar-refractivity contribution in [2.45, 2.75) is 13.0 Å². The summed E-state index contributed by atoms with van der Waals surface area (Å²) in [5.41, 5.74) is 1.23. The van der Waals surface area contributed by atoms with Crippen molar-refractivity contribution >= 4 is 0 Å². The number of hydrogen-bond acceptors (Lipinski definition) is 3. The van der Waals surface area contributed by atoms with E-state index < -0.39 is 0 Å². The van der Waals surface area contributed by atoms with E-state index in [1.54, 1.807) is 6.20 Å². The van der Waals surface area contributed by atoms with Crippen LogP contribution in [0.2, 0.25) is 0 Å². The van der Waals surface area contributed by atoms with E-state index in [-0.39, 0.29) is 0 Å². The van der Waals surface area contributed by atoms with Crippen molar-refractivity contribution in [3.05, 3.63) is 42.2 Å². The first-order valence-electron chi connectivity index (χ1n) is 5.81. The van der Waals surface area contributed by atoms with Crippen molar-refractivity contribution in [1.29, 1.82) is 0 Å². The maximum absolute atomic E-state index is 5.73. The fourth-order valence-electron chi connectivity index (χ4n) is 1.78. The molecule has 88 valence electrons. The van der Waals surface area contributed by atoms with Crippen molar-refractivity contribution in [2.24, 2.45) is 0 Å². The van der Waals surface area contributed by atoms with Crippen LogP contribution in [-0.4, -0.2) is 22.9 Å². The number of nitrogens with zero attached hydrogens (tertiary/aromatic N) is 2. The molecule has 1 aliphatic heterocycles. The SMILES string of the molecule is Cc1ccc(Oc2cnn(C3CNC3)c2)cc1. The molecule has 0 bridgehead atoms. The van der Waals surface area contributed by atoms with Crippen LogP contribution in [0.25, 0.3) is 0 Å². The Morgan fingerprint density at radius 3 is 2.65 bits per heavy atom. The molecule has 1 fully saturated rings. The van der Waals surface area contributed by atoms with E-state index in [0.29, 0.717) is 6.04 Å². The summed E-state index contributed by atoms with van der Waals surface area (Å²) in [4.78, 5) is 0. The van der Waals surface area contributed by atoms with E-state index >= 15 is 0 Å². The number of benzene rings is 1. The summed E-state index contributed by atoms with van der Waals surface area (Å²) < 4.78 is 7.69. The second kappa shape index (κ2) is 4.22. The van der Waals surface area contributed by atoms with Gasteiger partial charge >= 0.3 is 0 Å². The van der Waals surface area contributed by atoms with E-state index in [9.17, 15) is 0 Å². The standard InChI is InChI=1S/C13H15N3O/c1-10-2-4-12(5-3-10)17-13-8-15-16(9-13)11-6-14-7-11/h2-5,8-9,11,14H,6-7H2,1H3. The smallest absolute Gasteiger partial charge is 0.165 e. The van der Waals surface area contributed by atoms with Gasteiger partial charge in [-0.15, -0.1) is 0 Å². The average molecular weight is 229 g/mol. The topological polar surface area (TPSA) is 39.1 Å². The second-order valence-corrected chi connectivity index (χ2v) is 4.38. The molecule has 1 saturated heterocycles. The molecule has 3 rings (SSSR count). The van der Waals surface area contributed by atoms with Crippen LogP contribution in [0.5, 0.6) is 11.5 Å². The highest BCUT2D eigenvalue weighted by Crippen LogP contribution is 2.22. The van der Waals surface area contributed by atoms with Crippen molar-refractivity contribution in [1.82, 2.24) is 15.1 Å². The van der Waals surface area contributed by atoms with Gasteiger partial charge in [-0.25, -0.2) is 0 Å². The predicted molar refractivity (Wildman–Crippen MR) is 65.4 cm³/mol. The van der Waals surface area contributed by atoms with Gasteiger partial charge in [-0.05, 0) is 19.1 Å². The lowest BCUT2D eigenvalue weighted by Gasteiger charge is -2.26. The molecule has 1 N–H and O–H groups in total. The number of hydrogen-bond donors (Lipinski definition) is 1. The molecular weight excluding hydrogens is 214 g/mol. The van der Waals surface area contributed by atoms with Gasteiger partial charge in [-0.1, -0.05) is 17.7 Å². The Morgan fingerprint density at radius 2 is 2.00 bits per heavy atom. The normalized spacial score (nSPS) is 15.6. The quantitative estimate of drug-likeness (QED) is 0.876. The van der Waals surface area contributed by atoms with Gasteiger partial charge in [0.05, 0.1) is 18.4 Å². The molecule has 0 atom stereocenters. The first-order valence-corrected chi connectivity index (χ1v) is 5.81. The molecule has 4 nitrogen and oxygen atoms in total. The minimum Gasteiger partial charge on any atom is -0.454 e. The number of aryl methyl sites for hydroxylation is 1. The predicted octanol–water partition coefficient (Wildman–Crippen LogP) is 2.13. The Labute approximate surface area is 100 Å². The van der Waals surface area contributed by atoms with Crippen molar-refractivity contribution < 1.29 is 4.74 Å². The van der Waals surface area contributed by atoms with Crippen LogP contribution >= 0.6 is 0 Å². The zero-order chi connectivity index (χ0) is 11.7. The lowest BCUT2D eigenvalue weighted by atomic mass is 10.2. The molecule has 0 radical (unpaired) electrons. The highest BCUT2D eigenvalue weighted by Gasteiger charge is 2.19. The lowest BCUT2D eigenvalue weighted by molar-refractivity contribution is 0.317. The van der Waals surface area contributed by atoms with E-state index in [1.807, 2.05) is 35.1 Å². The highest BCUT2D eigenvalue weighted by molar-refractivity contribution is 5.30. The van der Waals surface area contributed by atoms with Crippen LogP contribution in [0.15, 0.2) is 36.7 Å². The van der Waals surface area contributed by atoms with E-state index in [2.05, 4.69) is 17.3 Å². The molecule has 0 amide bonds. The molecule has 0 aliphatic carbocycles. The van der Waals surface area contributed by atoms with Gasteiger partial charge in [0.15, 0.2) is 5.75 Å². The van der Waals surface area contributed by atoms with Gasteiger partial charge in [-0.2, -0.15) is 5.10 Å². The molecule has 2 heterocycles. The maximum atomic E-state index is 5.73. The van der Waals surface area contributed by atoms with Crippen LogP contribution in [0, 0.1) is 6.92 Å². The summed E-state index contributed by atoms with van der Waals surface area (Å²) in [6.07, 6.45) is 3.71. The van der Waals surface area contributed by atoms with Crippen LogP contribution < -0.4 is 10.1 Å². The number of ether oxygens (including phenoxy) is 1. The Bertz CT molecular complexity index is 500. The fraction of sp³-hybridized carbons (Fsp3) is 0.308. The molecule has 0 unspecified atom stereocenters. The van der Waals surface area contributed by atoms with Gasteiger partial charge in [-0.3, -0.25) is 4.68 Å². The number of nitrogens with one attached hydrogen (secondary N) is 1. The van der Waals surface area contributed by atoms with Crippen LogP contribution in [0.4, 0.5) is 0 Å². The third-order valence-corrected chi connectivity index (χ3v) is 2.97. The molecule has 0 spiro atoms. The first kappa shape index (κ1) is 10.4. The molecule has 2 aromatic rings. The Hall–Kier alpha value is -1.81. The van der Waals surface area contributed by atoms with Crippen LogP contribution in [0.1, 0.15) is 11.6 Å². The summed E-state index contributed by atoms with van der Waals surface area (Å²) in [7, 11) is 0. The Balaban J connectivity index is 1.72. The molecule has 1 aliphatic rings. The largest absolute Gasteiger partial charge is 0.454 e. The minimum absolute atomic E-state index is 0.477. The summed E-state index contributed by atoms with van der Waals surface area (Å²) in [6.45, 7) is 4.04. The Kier molecular flexibility index (Phi) is 2.57. The molecule has 0 saturated carbocycles. The molecular formula is C13H15N3O. The zero-order valence-electron chi connectivity index (χ0n) is 9.76. The summed E-state index contributed by atoms with van der Waals surface area (Å²) in [5.74, 6) is 1.64. The monoisotopic (exact) mass is 229 g/mol. The Morgan fingerprint density at radius 1 is 1.24 bits per heavy atom. The molecule has 17 heavy (non-hydrogen) atoms. The average Bonchev–Trinajstić information content (AvgIpc) is 2.67. The van der Waals surface area contributed by atoms with Gasteiger partial charge in [0.1, 0.15) is 5.75 Å². The summed E-state index contributed by atoms with van der Waals surface area (Å²) in [6, 6.07) is 8.49. The van der Waals surface area contributed by atoms with Crippen molar-refractivity contribution in [3.8, 4) is 11.5 Å². The molecule has 4 heteroatoms. The minimum atomic E-state index is 0.477. The number of rotatable bonds is 3. The zero-order valence-corrected chi connectivity index (χ0v) is 9.76. The van der Waals surface area contributed by atoms with Crippen LogP contribution in [0.3, 0.4) is 0 Å². The van der Waals surface area contributed by atoms with Crippen LogP contribution in [-0.2, 0) is 0 Å². The molecule has 1 aromatic carbocycles. The van der Waals surface area contributed by atoms with Crippen molar-refractivity contribution in [2.75, 3.05) is 13.1 Å². The van der Waals surface area contributed by atoms with E-state index in [0.717, 1.165) is 24.6 Å². The molecule has 1 aromatic heterocycles. The van der Waals surface area contributed by atoms with E-state index in [4.69, 9.17) is 4.74 Å². The van der Waals surface area contributed by atoms with Gasteiger partial charge in [0.25, 0.3) is 0 Å². The first-order chi connectivity index (χ1) is 8.31. The lowest BCUT2D eigenvalue weighted by Crippen LogP contribution is -2.43. The van der Waals surface area contributed by atoms with Gasteiger partial charge in [0, 0.05) is 13.1 Å². The highest BCUT2D eigenvalue weighted by atomic mass is 16.5.